The summed E-state index contributed by atoms with van der Waals surface area (Å²) in [6.45, 7) is 6.98. The average Bonchev–Trinajstić information content (AvgIpc) is 3.34. The van der Waals surface area contributed by atoms with Crippen LogP contribution in [0.1, 0.15) is 42.3 Å². The largest absolute Gasteiger partial charge is 1.00 e. The molecule has 0 unspecified atom stereocenters. The van der Waals surface area contributed by atoms with Gasteiger partial charge < -0.3 is 14.6 Å². The predicted molar refractivity (Wildman–Crippen MR) is 289 cm³/mol. The van der Waals surface area contributed by atoms with E-state index in [0.29, 0.717) is 33.4 Å². The first-order chi connectivity index (χ1) is 32.7. The molecule has 0 saturated carbocycles. The van der Waals surface area contributed by atoms with E-state index >= 15 is 0 Å². The molecule has 0 fully saturated rings. The number of methoxy groups -OCH3 is 2. The van der Waals surface area contributed by atoms with Crippen LogP contribution >= 0.6 is 53.7 Å². The van der Waals surface area contributed by atoms with Crippen molar-refractivity contribution < 1.29 is 70.8 Å². The van der Waals surface area contributed by atoms with Crippen LogP contribution in [0.4, 0.5) is 0 Å². The maximum Gasteiger partial charge on any atom is 1.00 e. The van der Waals surface area contributed by atoms with Gasteiger partial charge in [0.2, 0.25) is 0 Å². The minimum Gasteiger partial charge on any atom is -0.850 e. The van der Waals surface area contributed by atoms with Gasteiger partial charge in [-0.15, -0.1) is 5.60 Å². The molecule has 0 amide bonds. The number of rotatable bonds is 10. The van der Waals surface area contributed by atoms with Gasteiger partial charge in [0.15, 0.2) is 12.6 Å². The average molecular weight is 1040 g/mol. The van der Waals surface area contributed by atoms with Gasteiger partial charge in [0.05, 0.1) is 18.9 Å². The Bertz CT molecular complexity index is 2630. The first-order valence-electron chi connectivity index (χ1n) is 21.4. The van der Waals surface area contributed by atoms with E-state index in [0.717, 1.165) is 27.8 Å². The van der Waals surface area contributed by atoms with Crippen molar-refractivity contribution in [3.63, 3.8) is 0 Å². The van der Waals surface area contributed by atoms with Crippen LogP contribution in [-0.2, 0) is 9.47 Å². The Morgan fingerprint density at radius 2 is 0.899 bits per heavy atom. The number of benzene rings is 6. The van der Waals surface area contributed by atoms with Gasteiger partial charge in [-0.2, -0.15) is 0 Å². The first kappa shape index (κ1) is 59.3. The molecular weight excluding hydrogens is 989 g/mol. The van der Waals surface area contributed by atoms with Crippen LogP contribution in [0.3, 0.4) is 0 Å². The molecule has 0 radical (unpaired) electrons. The number of carbonyl (C=O) groups excluding carboxylic acids is 1. The van der Waals surface area contributed by atoms with Crippen LogP contribution < -0.4 is 72.4 Å². The molecule has 2 aromatic heterocycles. The predicted octanol–water partition coefficient (Wildman–Crippen LogP) is 11.3. The van der Waals surface area contributed by atoms with Crippen molar-refractivity contribution in [2.24, 2.45) is 0 Å². The number of hydrogen-bond acceptors (Lipinski definition) is 6. The summed E-state index contributed by atoms with van der Waals surface area (Å²) in [4.78, 5) is 18.9. The van der Waals surface area contributed by atoms with Gasteiger partial charge in [-0.25, -0.2) is 9.97 Å². The molecule has 6 aromatic carbocycles. The van der Waals surface area contributed by atoms with Crippen molar-refractivity contribution in [2.75, 3.05) is 20.6 Å². The summed E-state index contributed by atoms with van der Waals surface area (Å²) in [5.41, 5.74) is 5.44. The number of aromatic nitrogens is 2. The molecule has 0 bridgehead atoms. The maximum absolute atomic E-state index is 10.9. The summed E-state index contributed by atoms with van der Waals surface area (Å²) in [6.07, 6.45) is 8.03. The Morgan fingerprint density at radius 3 is 1.22 bits per heavy atom. The van der Waals surface area contributed by atoms with E-state index in [1.807, 2.05) is 60.7 Å². The van der Waals surface area contributed by atoms with Crippen molar-refractivity contribution in [2.45, 2.75) is 33.3 Å². The molecule has 2 heterocycles. The van der Waals surface area contributed by atoms with Crippen molar-refractivity contribution in [3.8, 4) is 22.3 Å². The van der Waals surface area contributed by atoms with Gasteiger partial charge in [-0.3, -0.25) is 4.79 Å². The first-order valence-corrected chi connectivity index (χ1v) is 24.9. The topological polar surface area (TPSA) is 84.4 Å². The molecule has 0 saturated heterocycles. The maximum atomic E-state index is 10.9. The normalized spacial score (nSPS) is 10.5. The quantitative estimate of drug-likeness (QED) is 0.0446. The van der Waals surface area contributed by atoms with Crippen LogP contribution in [0.2, 0.25) is 20.4 Å². The zero-order valence-electron chi connectivity index (χ0n) is 39.9. The second-order valence-corrected chi connectivity index (χ2v) is 20.8. The van der Waals surface area contributed by atoms with Crippen LogP contribution in [0.15, 0.2) is 201 Å². The van der Waals surface area contributed by atoms with E-state index in [9.17, 15) is 9.90 Å². The van der Waals surface area contributed by atoms with Gasteiger partial charge >= 0.3 is 51.4 Å². The van der Waals surface area contributed by atoms with Crippen molar-refractivity contribution in [3.05, 3.63) is 238 Å². The van der Waals surface area contributed by atoms with Crippen LogP contribution in [0, 0.1) is 6.92 Å². The van der Waals surface area contributed by atoms with Crippen molar-refractivity contribution in [1.82, 2.24) is 9.97 Å². The molecule has 0 atom stereocenters. The van der Waals surface area contributed by atoms with E-state index in [1.54, 1.807) is 77.9 Å². The molecule has 0 aliphatic heterocycles. The zero-order chi connectivity index (χ0) is 49.4. The van der Waals surface area contributed by atoms with Gasteiger partial charge in [-0.1, -0.05) is 182 Å². The number of aryl methyl sites for hydroxylation is 1. The number of nitrogens with zero attached hydrogens (tertiary/aromatic N) is 2. The summed E-state index contributed by atoms with van der Waals surface area (Å²) in [7, 11) is 1.61. The van der Waals surface area contributed by atoms with Crippen LogP contribution in [-0.4, -0.2) is 42.4 Å². The fraction of sp³-hybridized carbons (Fsp3) is 0.140. The zero-order valence-corrected chi connectivity index (χ0v) is 46.9. The molecule has 0 aliphatic rings. The number of halogens is 4. The SMILES string of the molecule is CC(C)(C)[O-].COC=Cc1c(-c2ccc(Cl)cc2)ccnc1Cl.COC[P+](c1ccccc1)(c1ccccc1)c1ccccc1.Cc1ccccc1.O=Cc1c(-c2ccc(Cl)cc2)ccnc1Cl.[K+]. The van der Waals surface area contributed by atoms with Gasteiger partial charge in [0.1, 0.15) is 33.5 Å². The molecule has 8 aromatic rings. The van der Waals surface area contributed by atoms with Gasteiger partial charge in [0.25, 0.3) is 0 Å². The summed E-state index contributed by atoms with van der Waals surface area (Å²) in [6, 6.07) is 61.0. The minimum absolute atomic E-state index is 0. The van der Waals surface area contributed by atoms with Crippen LogP contribution in [0.25, 0.3) is 28.3 Å². The third-order valence-corrected chi connectivity index (χ3v) is 14.8. The molecule has 0 N–H and O–H groups in total. The number of carbonyl (C=O) groups is 1. The fourth-order valence-corrected chi connectivity index (χ4v) is 11.0. The monoisotopic (exact) mass is 1040 g/mol. The van der Waals surface area contributed by atoms with Crippen molar-refractivity contribution >= 4 is 81.9 Å². The number of pyridine rings is 2. The summed E-state index contributed by atoms with van der Waals surface area (Å²) in [5, 5.41) is 16.2. The molecule has 350 valence electrons. The second-order valence-electron chi connectivity index (χ2n) is 15.8. The molecule has 8 rings (SSSR count). The second kappa shape index (κ2) is 31.3. The minimum atomic E-state index is -1.78. The smallest absolute Gasteiger partial charge is 0.850 e. The number of aldehydes is 1. The third-order valence-electron chi connectivity index (χ3n) is 9.54. The Labute approximate surface area is 471 Å². The van der Waals surface area contributed by atoms with Crippen molar-refractivity contribution in [1.29, 1.82) is 0 Å². The van der Waals surface area contributed by atoms with E-state index in [2.05, 4.69) is 120 Å². The number of ether oxygens (including phenoxy) is 2. The molecular formula is C57H55Cl4KN2O4P+. The molecule has 0 spiro atoms. The Morgan fingerprint density at radius 1 is 0.551 bits per heavy atom. The molecule has 69 heavy (non-hydrogen) atoms. The van der Waals surface area contributed by atoms with Gasteiger partial charge in [-0.05, 0) is 108 Å². The van der Waals surface area contributed by atoms with E-state index in [4.69, 9.17) is 55.9 Å². The van der Waals surface area contributed by atoms with E-state index in [-0.39, 0.29) is 56.5 Å². The Kier molecular flexibility index (Phi) is 26.9. The summed E-state index contributed by atoms with van der Waals surface area (Å²) in [5.74, 6) is 0. The van der Waals surface area contributed by atoms with E-state index in [1.165, 1.54) is 21.5 Å². The number of hydrogen-bond donors (Lipinski definition) is 0. The summed E-state index contributed by atoms with van der Waals surface area (Å²) < 4.78 is 10.6. The van der Waals surface area contributed by atoms with Crippen LogP contribution in [0.5, 0.6) is 0 Å². The van der Waals surface area contributed by atoms with Gasteiger partial charge in [0, 0.05) is 35.1 Å². The molecule has 0 aliphatic carbocycles. The molecule has 6 nitrogen and oxygen atoms in total. The third kappa shape index (κ3) is 19.6. The standard InChI is InChI=1S/C20H20OP.C14H11Cl2NO.C12H7Cl2NO.C7H8.C4H9O.K/c1-21-17-22(18-11-5-2-6-12-18,19-13-7-3-8-14-19)20-15-9-4-10-16-20;1-18-9-7-13-12(6-8-17-14(13)16)10-2-4-11(15)5-3-10;13-9-3-1-8(2-4-9)10-5-6-15-12(14)11(10)7-16;1-7-5-3-2-4-6-7;1-4(2,3)5;/h2-16H,17H2,1H3;2-9H,1H3;1-7H;2-6H,1H3;1-3H3;/q+1;;;;-1;+1. The Balaban J connectivity index is 0.000000245. The fourth-order valence-electron chi connectivity index (χ4n) is 6.51. The molecule has 12 heteroatoms. The Hall–Kier alpha value is -4.02. The van der Waals surface area contributed by atoms with E-state index < -0.39 is 12.9 Å². The summed E-state index contributed by atoms with van der Waals surface area (Å²) >= 11 is 23.6.